The minimum atomic E-state index is -1.41. The SMILES string of the molecule is COc1ccc(CCN2C(=O)[C@@H]3[C@H](Cc4c[nH]c5ccccc45)N[C@@]4(C(=O)Nc5c(Cl)cccc54)[C@H]3C2=O)cc1OC. The molecule has 10 heteroatoms. The number of benzene rings is 3. The minimum absolute atomic E-state index is 0.181. The van der Waals surface area contributed by atoms with Crippen molar-refractivity contribution in [2.45, 2.75) is 24.4 Å². The van der Waals surface area contributed by atoms with Crippen molar-refractivity contribution >= 4 is 45.9 Å². The number of likely N-dealkylation sites (tertiary alicyclic amines) is 1. The first-order valence-electron chi connectivity index (χ1n) is 13.9. The predicted octanol–water partition coefficient (Wildman–Crippen LogP) is 4.04. The zero-order valence-corrected chi connectivity index (χ0v) is 23.8. The molecule has 2 saturated heterocycles. The molecule has 1 aromatic heterocycles. The molecule has 3 aliphatic heterocycles. The van der Waals surface area contributed by atoms with E-state index in [0.29, 0.717) is 40.6 Å². The fourth-order valence-corrected chi connectivity index (χ4v) is 7.28. The van der Waals surface area contributed by atoms with E-state index < -0.39 is 23.4 Å². The molecule has 1 spiro atoms. The first kappa shape index (κ1) is 26.6. The number of carbonyl (C=O) groups excluding carboxylic acids is 3. The maximum atomic E-state index is 14.2. The minimum Gasteiger partial charge on any atom is -0.493 e. The van der Waals surface area contributed by atoms with Gasteiger partial charge in [-0.25, -0.2) is 0 Å². The van der Waals surface area contributed by atoms with Crippen LogP contribution >= 0.6 is 11.6 Å². The Labute approximate surface area is 247 Å². The number of imide groups is 1. The fourth-order valence-electron chi connectivity index (χ4n) is 7.06. The number of amides is 3. The second-order valence-corrected chi connectivity index (χ2v) is 11.4. The number of fused-ring (bicyclic) bond motifs is 5. The second-order valence-electron chi connectivity index (χ2n) is 11.0. The zero-order valence-electron chi connectivity index (χ0n) is 23.1. The Balaban J connectivity index is 1.26. The van der Waals surface area contributed by atoms with Gasteiger partial charge in [-0.2, -0.15) is 0 Å². The van der Waals surface area contributed by atoms with Crippen molar-refractivity contribution in [2.75, 3.05) is 26.1 Å². The van der Waals surface area contributed by atoms with Crippen LogP contribution < -0.4 is 20.1 Å². The molecule has 7 rings (SSSR count). The third-order valence-electron chi connectivity index (χ3n) is 8.98. The summed E-state index contributed by atoms with van der Waals surface area (Å²) in [5.41, 5.74) is 2.55. The van der Waals surface area contributed by atoms with Crippen LogP contribution in [-0.4, -0.2) is 54.4 Å². The summed E-state index contributed by atoms with van der Waals surface area (Å²) >= 11 is 6.49. The lowest BCUT2D eigenvalue weighted by Crippen LogP contribution is -2.53. The lowest BCUT2D eigenvalue weighted by molar-refractivity contribution is -0.142. The van der Waals surface area contributed by atoms with Crippen LogP contribution in [0.2, 0.25) is 5.02 Å². The topological polar surface area (TPSA) is 113 Å². The van der Waals surface area contributed by atoms with E-state index >= 15 is 0 Å². The maximum Gasteiger partial charge on any atom is 0.250 e. The molecule has 0 unspecified atom stereocenters. The number of para-hydroxylation sites is 2. The predicted molar refractivity (Wildman–Crippen MR) is 158 cm³/mol. The van der Waals surface area contributed by atoms with Gasteiger partial charge in [-0.3, -0.25) is 24.6 Å². The highest BCUT2D eigenvalue weighted by molar-refractivity contribution is 6.35. The molecule has 42 heavy (non-hydrogen) atoms. The van der Waals surface area contributed by atoms with Crippen LogP contribution in [0.5, 0.6) is 11.5 Å². The molecule has 2 fully saturated rings. The number of carbonyl (C=O) groups is 3. The number of H-pyrrole nitrogens is 1. The number of hydrogen-bond acceptors (Lipinski definition) is 6. The average Bonchev–Trinajstić information content (AvgIpc) is 3.71. The highest BCUT2D eigenvalue weighted by Crippen LogP contribution is 2.54. The number of anilines is 1. The Hall–Kier alpha value is -4.34. The molecule has 4 atom stereocenters. The lowest BCUT2D eigenvalue weighted by atomic mass is 9.76. The quantitative estimate of drug-likeness (QED) is 0.283. The summed E-state index contributed by atoms with van der Waals surface area (Å²) in [5.74, 6) is -1.47. The molecule has 0 saturated carbocycles. The van der Waals surface area contributed by atoms with Crippen molar-refractivity contribution in [1.29, 1.82) is 0 Å². The van der Waals surface area contributed by atoms with Crippen molar-refractivity contribution in [2.24, 2.45) is 11.8 Å². The van der Waals surface area contributed by atoms with Gasteiger partial charge < -0.3 is 19.8 Å². The largest absolute Gasteiger partial charge is 0.493 e. The van der Waals surface area contributed by atoms with Gasteiger partial charge in [-0.05, 0) is 48.2 Å². The highest BCUT2D eigenvalue weighted by Gasteiger charge is 2.70. The molecule has 3 aromatic carbocycles. The number of nitrogens with zero attached hydrogens (tertiary/aromatic N) is 1. The second kappa shape index (κ2) is 9.89. The van der Waals surface area contributed by atoms with E-state index in [1.165, 1.54) is 4.90 Å². The normalized spacial score (nSPS) is 24.4. The smallest absolute Gasteiger partial charge is 0.250 e. The van der Waals surface area contributed by atoms with Crippen molar-refractivity contribution in [3.05, 3.63) is 88.6 Å². The number of rotatable bonds is 7. The van der Waals surface area contributed by atoms with E-state index in [-0.39, 0.29) is 24.3 Å². The molecule has 4 heterocycles. The highest BCUT2D eigenvalue weighted by atomic mass is 35.5. The van der Waals surface area contributed by atoms with Gasteiger partial charge >= 0.3 is 0 Å². The third kappa shape index (κ3) is 3.77. The van der Waals surface area contributed by atoms with E-state index in [1.807, 2.05) is 42.6 Å². The molecule has 0 radical (unpaired) electrons. The van der Waals surface area contributed by atoms with Crippen molar-refractivity contribution in [3.63, 3.8) is 0 Å². The summed E-state index contributed by atoms with van der Waals surface area (Å²) in [6, 6.07) is 18.3. The molecule has 214 valence electrons. The van der Waals surface area contributed by atoms with Gasteiger partial charge in [0.15, 0.2) is 11.5 Å². The average molecular weight is 585 g/mol. The number of ether oxygens (including phenoxy) is 2. The molecule has 9 nitrogen and oxygen atoms in total. The molecule has 0 aliphatic carbocycles. The molecule has 3 aliphatic rings. The molecule has 0 bridgehead atoms. The van der Waals surface area contributed by atoms with Gasteiger partial charge in [0.2, 0.25) is 17.7 Å². The number of nitrogens with one attached hydrogen (secondary N) is 3. The Morgan fingerprint density at radius 3 is 2.57 bits per heavy atom. The molecular weight excluding hydrogens is 556 g/mol. The zero-order chi connectivity index (χ0) is 29.2. The Morgan fingerprint density at radius 1 is 0.952 bits per heavy atom. The van der Waals surface area contributed by atoms with E-state index in [0.717, 1.165) is 22.0 Å². The summed E-state index contributed by atoms with van der Waals surface area (Å²) in [6.07, 6.45) is 2.82. The first-order valence-corrected chi connectivity index (χ1v) is 14.2. The monoisotopic (exact) mass is 584 g/mol. The number of methoxy groups -OCH3 is 2. The number of halogens is 1. The lowest BCUT2D eigenvalue weighted by Gasteiger charge is -2.29. The first-order chi connectivity index (χ1) is 20.4. The van der Waals surface area contributed by atoms with Gasteiger partial charge in [0.1, 0.15) is 5.54 Å². The Bertz CT molecular complexity index is 1770. The van der Waals surface area contributed by atoms with E-state index in [1.54, 1.807) is 38.5 Å². The van der Waals surface area contributed by atoms with Crippen molar-refractivity contribution in [1.82, 2.24) is 15.2 Å². The van der Waals surface area contributed by atoms with Gasteiger partial charge in [-0.1, -0.05) is 48.0 Å². The maximum absolute atomic E-state index is 14.2. The van der Waals surface area contributed by atoms with E-state index in [4.69, 9.17) is 21.1 Å². The molecular formula is C32H29ClN4O5. The van der Waals surface area contributed by atoms with Gasteiger partial charge in [0.25, 0.3) is 0 Å². The Kier molecular flexibility index (Phi) is 6.25. The van der Waals surface area contributed by atoms with Gasteiger partial charge in [0, 0.05) is 35.2 Å². The van der Waals surface area contributed by atoms with Crippen molar-refractivity contribution < 1.29 is 23.9 Å². The number of aromatic amines is 1. The van der Waals surface area contributed by atoms with Gasteiger partial charge in [0.05, 0.1) is 36.8 Å². The third-order valence-corrected chi connectivity index (χ3v) is 9.29. The summed E-state index contributed by atoms with van der Waals surface area (Å²) in [5, 5.41) is 7.84. The summed E-state index contributed by atoms with van der Waals surface area (Å²) < 4.78 is 10.8. The molecule has 3 amide bonds. The number of hydrogen-bond donors (Lipinski definition) is 3. The molecule has 3 N–H and O–H groups in total. The number of aromatic nitrogens is 1. The van der Waals surface area contributed by atoms with Crippen LogP contribution in [-0.2, 0) is 32.8 Å². The van der Waals surface area contributed by atoms with Crippen LogP contribution in [0, 0.1) is 11.8 Å². The fraction of sp³-hybridized carbons (Fsp3) is 0.281. The van der Waals surface area contributed by atoms with Crippen LogP contribution in [0.3, 0.4) is 0 Å². The van der Waals surface area contributed by atoms with E-state index in [9.17, 15) is 14.4 Å². The standard InChI is InChI=1S/C32H29ClN4O5/c1-41-24-11-10-17(14-25(24)42-2)12-13-37-29(38)26-23(15-18-16-34-22-9-4-3-6-19(18)22)36-32(27(26)30(37)39)20-7-5-8-21(33)28(20)35-31(32)40/h3-11,14,16,23,26-27,34,36H,12-13,15H2,1-2H3,(H,35,40)/t23-,26+,27+,32+/m0/s1. The summed E-state index contributed by atoms with van der Waals surface area (Å²) in [4.78, 5) is 46.8. The van der Waals surface area contributed by atoms with Gasteiger partial charge in [-0.15, -0.1) is 0 Å². The summed E-state index contributed by atoms with van der Waals surface area (Å²) in [7, 11) is 3.13. The van der Waals surface area contributed by atoms with Crippen molar-refractivity contribution in [3.8, 4) is 11.5 Å². The van der Waals surface area contributed by atoms with Crippen LogP contribution in [0.25, 0.3) is 10.9 Å². The van der Waals surface area contributed by atoms with Crippen LogP contribution in [0.15, 0.2) is 66.9 Å². The van der Waals surface area contributed by atoms with Crippen LogP contribution in [0.4, 0.5) is 5.69 Å². The summed E-state index contributed by atoms with van der Waals surface area (Å²) in [6.45, 7) is 0.181. The molecule has 4 aromatic rings. The van der Waals surface area contributed by atoms with Crippen LogP contribution in [0.1, 0.15) is 16.7 Å². The van der Waals surface area contributed by atoms with E-state index in [2.05, 4.69) is 15.6 Å². The Morgan fingerprint density at radius 2 is 1.76 bits per heavy atom.